The standard InChI is InChI=1S/C20H22N4O4S/c1-15-5-6-18(29(26,27)24-7-9-28-10-8-24)12-19(15)23-20(25)14-22-17-4-2-3-16(11-17)13-21/h2-6,11-12,22H,7-10,14H2,1H3,(H,23,25). The first-order valence-corrected chi connectivity index (χ1v) is 10.6. The lowest BCUT2D eigenvalue weighted by Crippen LogP contribution is -2.40. The van der Waals surface area contributed by atoms with Gasteiger partial charge < -0.3 is 15.4 Å². The average Bonchev–Trinajstić information content (AvgIpc) is 2.74. The highest BCUT2D eigenvalue weighted by Gasteiger charge is 2.26. The Hall–Kier alpha value is -2.93. The van der Waals surface area contributed by atoms with E-state index in [0.717, 1.165) is 5.56 Å². The molecule has 1 saturated heterocycles. The van der Waals surface area contributed by atoms with E-state index < -0.39 is 10.0 Å². The summed E-state index contributed by atoms with van der Waals surface area (Å²) in [7, 11) is -3.64. The summed E-state index contributed by atoms with van der Waals surface area (Å²) in [5.41, 5.74) is 2.34. The van der Waals surface area contributed by atoms with Gasteiger partial charge in [0.1, 0.15) is 0 Å². The van der Waals surface area contributed by atoms with Crippen molar-refractivity contribution in [2.75, 3.05) is 43.5 Å². The van der Waals surface area contributed by atoms with E-state index in [1.54, 1.807) is 43.3 Å². The third-order valence-corrected chi connectivity index (χ3v) is 6.43. The number of nitriles is 1. The Labute approximate surface area is 170 Å². The summed E-state index contributed by atoms with van der Waals surface area (Å²) < 4.78 is 32.3. The number of ether oxygens (including phenoxy) is 1. The maximum absolute atomic E-state index is 12.8. The van der Waals surface area contributed by atoms with E-state index >= 15 is 0 Å². The molecule has 0 unspecified atom stereocenters. The van der Waals surface area contributed by atoms with Crippen molar-refractivity contribution in [2.45, 2.75) is 11.8 Å². The molecule has 2 N–H and O–H groups in total. The Morgan fingerprint density at radius 3 is 2.69 bits per heavy atom. The molecule has 0 aliphatic carbocycles. The normalized spacial score (nSPS) is 14.8. The summed E-state index contributed by atoms with van der Waals surface area (Å²) in [6, 6.07) is 13.5. The zero-order valence-corrected chi connectivity index (χ0v) is 16.8. The zero-order chi connectivity index (χ0) is 20.9. The van der Waals surface area contributed by atoms with E-state index in [1.165, 1.54) is 10.4 Å². The first-order valence-electron chi connectivity index (χ1n) is 9.12. The van der Waals surface area contributed by atoms with Crippen LogP contribution in [-0.2, 0) is 19.6 Å². The van der Waals surface area contributed by atoms with Gasteiger partial charge in [0, 0.05) is 24.5 Å². The second-order valence-corrected chi connectivity index (χ2v) is 8.53. The van der Waals surface area contributed by atoms with Gasteiger partial charge >= 0.3 is 0 Å². The van der Waals surface area contributed by atoms with Crippen molar-refractivity contribution in [2.24, 2.45) is 0 Å². The van der Waals surface area contributed by atoms with Gasteiger partial charge in [-0.3, -0.25) is 4.79 Å². The van der Waals surface area contributed by atoms with Gasteiger partial charge in [0.05, 0.1) is 36.3 Å². The monoisotopic (exact) mass is 414 g/mol. The molecule has 1 fully saturated rings. The molecule has 0 aromatic heterocycles. The first kappa shape index (κ1) is 20.8. The molecule has 8 nitrogen and oxygen atoms in total. The lowest BCUT2D eigenvalue weighted by molar-refractivity contribution is -0.114. The number of hydrogen-bond donors (Lipinski definition) is 2. The molecule has 152 valence electrons. The van der Waals surface area contributed by atoms with Crippen LogP contribution in [0, 0.1) is 18.3 Å². The van der Waals surface area contributed by atoms with Crippen LogP contribution in [0.4, 0.5) is 11.4 Å². The number of nitrogens with one attached hydrogen (secondary N) is 2. The van der Waals surface area contributed by atoms with Crippen LogP contribution in [0.3, 0.4) is 0 Å². The number of sulfonamides is 1. The zero-order valence-electron chi connectivity index (χ0n) is 16.0. The van der Waals surface area contributed by atoms with Crippen molar-refractivity contribution in [1.82, 2.24) is 4.31 Å². The van der Waals surface area contributed by atoms with Crippen molar-refractivity contribution in [3.8, 4) is 6.07 Å². The summed E-state index contributed by atoms with van der Waals surface area (Å²) >= 11 is 0. The SMILES string of the molecule is Cc1ccc(S(=O)(=O)N2CCOCC2)cc1NC(=O)CNc1cccc(C#N)c1. The van der Waals surface area contributed by atoms with Crippen molar-refractivity contribution in [3.63, 3.8) is 0 Å². The molecule has 9 heteroatoms. The number of amides is 1. The van der Waals surface area contributed by atoms with Crippen molar-refractivity contribution < 1.29 is 17.9 Å². The number of rotatable bonds is 6. The molecular formula is C20H22N4O4S. The second-order valence-electron chi connectivity index (χ2n) is 6.59. The molecule has 1 aliphatic heterocycles. The van der Waals surface area contributed by atoms with Crippen LogP contribution in [0.25, 0.3) is 0 Å². The molecule has 0 saturated carbocycles. The van der Waals surface area contributed by atoms with Gasteiger partial charge in [-0.2, -0.15) is 9.57 Å². The van der Waals surface area contributed by atoms with Gasteiger partial charge in [0.15, 0.2) is 0 Å². The number of hydrogen-bond acceptors (Lipinski definition) is 6. The topological polar surface area (TPSA) is 112 Å². The number of aryl methyl sites for hydroxylation is 1. The van der Waals surface area contributed by atoms with Crippen LogP contribution >= 0.6 is 0 Å². The Morgan fingerprint density at radius 2 is 1.97 bits per heavy atom. The first-order chi connectivity index (χ1) is 13.9. The van der Waals surface area contributed by atoms with Gasteiger partial charge in [-0.15, -0.1) is 0 Å². The van der Waals surface area contributed by atoms with Crippen LogP contribution in [0.15, 0.2) is 47.4 Å². The van der Waals surface area contributed by atoms with E-state index in [-0.39, 0.29) is 17.3 Å². The molecule has 0 bridgehead atoms. The lowest BCUT2D eigenvalue weighted by atomic mass is 10.2. The van der Waals surface area contributed by atoms with Gasteiger partial charge in [-0.05, 0) is 42.8 Å². The van der Waals surface area contributed by atoms with Crippen LogP contribution < -0.4 is 10.6 Å². The lowest BCUT2D eigenvalue weighted by Gasteiger charge is -2.26. The Balaban J connectivity index is 1.69. The average molecular weight is 414 g/mol. The number of anilines is 2. The van der Waals surface area contributed by atoms with E-state index in [0.29, 0.717) is 43.2 Å². The summed E-state index contributed by atoms with van der Waals surface area (Å²) in [5.74, 6) is -0.323. The number of nitrogens with zero attached hydrogens (tertiary/aromatic N) is 2. The van der Waals surface area contributed by atoms with Crippen LogP contribution in [-0.4, -0.2) is 51.5 Å². The Morgan fingerprint density at radius 1 is 1.21 bits per heavy atom. The van der Waals surface area contributed by atoms with Crippen molar-refractivity contribution >= 4 is 27.3 Å². The predicted molar refractivity (Wildman–Crippen MR) is 109 cm³/mol. The fourth-order valence-corrected chi connectivity index (χ4v) is 4.34. The minimum atomic E-state index is -3.64. The smallest absolute Gasteiger partial charge is 0.243 e. The molecule has 2 aromatic carbocycles. The molecule has 0 atom stereocenters. The summed E-state index contributed by atoms with van der Waals surface area (Å²) in [4.78, 5) is 12.5. The number of carbonyl (C=O) groups is 1. The Kier molecular flexibility index (Phi) is 6.49. The summed E-state index contributed by atoms with van der Waals surface area (Å²) in [5, 5.41) is 14.6. The van der Waals surface area contributed by atoms with Gasteiger partial charge in [0.2, 0.25) is 15.9 Å². The second kappa shape index (κ2) is 9.05. The fourth-order valence-electron chi connectivity index (χ4n) is 2.91. The van der Waals surface area contributed by atoms with E-state index in [1.807, 2.05) is 6.07 Å². The molecule has 1 amide bonds. The molecule has 0 spiro atoms. The number of carbonyl (C=O) groups excluding carboxylic acids is 1. The quantitative estimate of drug-likeness (QED) is 0.747. The summed E-state index contributed by atoms with van der Waals surface area (Å²) in [6.07, 6.45) is 0. The molecule has 0 radical (unpaired) electrons. The van der Waals surface area contributed by atoms with Crippen LogP contribution in [0.2, 0.25) is 0 Å². The number of benzene rings is 2. The largest absolute Gasteiger partial charge is 0.379 e. The van der Waals surface area contributed by atoms with E-state index in [4.69, 9.17) is 10.00 Å². The predicted octanol–water partition coefficient (Wildman–Crippen LogP) is 1.94. The van der Waals surface area contributed by atoms with Crippen LogP contribution in [0.1, 0.15) is 11.1 Å². The highest BCUT2D eigenvalue weighted by Crippen LogP contribution is 2.23. The third-order valence-electron chi connectivity index (χ3n) is 4.54. The molecule has 2 aromatic rings. The third kappa shape index (κ3) is 5.12. The van der Waals surface area contributed by atoms with Gasteiger partial charge in [0.25, 0.3) is 0 Å². The molecular weight excluding hydrogens is 392 g/mol. The molecule has 3 rings (SSSR count). The van der Waals surface area contributed by atoms with Crippen molar-refractivity contribution in [3.05, 3.63) is 53.6 Å². The molecule has 29 heavy (non-hydrogen) atoms. The number of morpholine rings is 1. The highest BCUT2D eigenvalue weighted by molar-refractivity contribution is 7.89. The van der Waals surface area contributed by atoms with Crippen LogP contribution in [0.5, 0.6) is 0 Å². The maximum Gasteiger partial charge on any atom is 0.243 e. The molecule has 1 aliphatic rings. The van der Waals surface area contributed by atoms with Gasteiger partial charge in [-0.1, -0.05) is 12.1 Å². The van der Waals surface area contributed by atoms with E-state index in [9.17, 15) is 13.2 Å². The Bertz CT molecular complexity index is 1040. The van der Waals surface area contributed by atoms with Crippen molar-refractivity contribution in [1.29, 1.82) is 5.26 Å². The minimum absolute atomic E-state index is 0.0191. The minimum Gasteiger partial charge on any atom is -0.379 e. The molecule has 1 heterocycles. The van der Waals surface area contributed by atoms with Gasteiger partial charge in [-0.25, -0.2) is 8.42 Å². The maximum atomic E-state index is 12.8. The van der Waals surface area contributed by atoms with E-state index in [2.05, 4.69) is 10.6 Å². The highest BCUT2D eigenvalue weighted by atomic mass is 32.2. The summed E-state index contributed by atoms with van der Waals surface area (Å²) in [6.45, 7) is 3.13. The fraction of sp³-hybridized carbons (Fsp3) is 0.300.